The fourth-order valence-corrected chi connectivity index (χ4v) is 7.43. The van der Waals surface area contributed by atoms with E-state index >= 15 is 4.39 Å². The minimum Gasteiger partial charge on any atom is -0.351 e. The van der Waals surface area contributed by atoms with Gasteiger partial charge in [-0.15, -0.1) is 0 Å². The van der Waals surface area contributed by atoms with E-state index in [4.69, 9.17) is 21.6 Å². The zero-order valence-electron chi connectivity index (χ0n) is 28.6. The number of fused-ring (bicyclic) bond motifs is 3. The van der Waals surface area contributed by atoms with E-state index in [9.17, 15) is 23.2 Å². The van der Waals surface area contributed by atoms with Crippen LogP contribution in [0.15, 0.2) is 42.7 Å². The molecule has 2 aromatic heterocycles. The Balaban J connectivity index is 1.50. The van der Waals surface area contributed by atoms with Crippen LogP contribution in [-0.2, 0) is 11.0 Å². The van der Waals surface area contributed by atoms with E-state index in [-0.39, 0.29) is 57.7 Å². The van der Waals surface area contributed by atoms with Gasteiger partial charge in [0.2, 0.25) is 5.91 Å². The Hall–Kier alpha value is -4.25. The molecular weight excluding hydrogens is 672 g/mol. The number of nitrogens with zero attached hydrogens (tertiary/aromatic N) is 8. The topological polar surface area (TPSA) is 84.5 Å². The predicted octanol–water partition coefficient (Wildman–Crippen LogP) is 6.69. The number of alkyl halides is 3. The maximum Gasteiger partial charge on any atom is 0.417 e. The van der Waals surface area contributed by atoms with Crippen LogP contribution in [0.4, 0.5) is 23.4 Å². The highest BCUT2D eigenvalue weighted by Gasteiger charge is 2.38. The number of nitriles is 1. The molecule has 0 radical (unpaired) electrons. The average Bonchev–Trinajstić information content (AvgIpc) is 3.46. The Morgan fingerprint density at radius 2 is 1.92 bits per heavy atom. The largest absolute Gasteiger partial charge is 0.417 e. The predicted molar refractivity (Wildman–Crippen MR) is 187 cm³/mol. The lowest BCUT2D eigenvalue weighted by molar-refractivity contribution is -0.137. The number of carbonyl (C=O) groups is 1. The van der Waals surface area contributed by atoms with Gasteiger partial charge in [0, 0.05) is 61.3 Å². The Kier molecular flexibility index (Phi) is 9.83. The van der Waals surface area contributed by atoms with Crippen LogP contribution in [0.5, 0.6) is 0 Å². The summed E-state index contributed by atoms with van der Waals surface area (Å²) in [5.41, 5.74) is -0.756. The molecule has 264 valence electrons. The van der Waals surface area contributed by atoms with Crippen molar-refractivity contribution in [3.8, 4) is 17.2 Å². The lowest BCUT2D eigenvalue weighted by Gasteiger charge is -2.43. The van der Waals surface area contributed by atoms with E-state index < -0.39 is 17.6 Å². The molecule has 0 spiro atoms. The third-order valence-corrected chi connectivity index (χ3v) is 10.1. The number of piperidine rings is 1. The van der Waals surface area contributed by atoms with Crippen molar-refractivity contribution in [2.75, 3.05) is 59.3 Å². The Morgan fingerprint density at radius 1 is 1.18 bits per heavy atom. The van der Waals surface area contributed by atoms with Crippen molar-refractivity contribution in [1.29, 1.82) is 5.26 Å². The van der Waals surface area contributed by atoms with Crippen molar-refractivity contribution in [2.24, 2.45) is 0 Å². The Labute approximate surface area is 293 Å². The van der Waals surface area contributed by atoms with Gasteiger partial charge in [0.25, 0.3) is 0 Å². The van der Waals surface area contributed by atoms with Gasteiger partial charge in [-0.3, -0.25) is 4.79 Å². The molecule has 4 heterocycles. The van der Waals surface area contributed by atoms with Crippen molar-refractivity contribution < 1.29 is 22.4 Å². The second kappa shape index (κ2) is 13.8. The average molecular weight is 711 g/mol. The number of pyridine rings is 1. The summed E-state index contributed by atoms with van der Waals surface area (Å²) in [4.78, 5) is 30.4. The standard InChI is InChI=1S/C36H39ClF4N8O/c1-21-8-6-9-25(30(21)36(39,40)41)29-27(37)17-26-32(31(29)38)44-35(47-18-24(19-47)46(4)5)33-34(26)49(20-43-33)23-12-15-48(22(16-23)11-13-42)28(50)10-7-14-45(2)3/h6-10,17,20,22-24H,11-12,14-16,18-19H2,1-5H3/b10-7+/t22-,23+/m1/s1. The zero-order chi connectivity index (χ0) is 36.1. The number of benzene rings is 2. The minimum atomic E-state index is -4.75. The summed E-state index contributed by atoms with van der Waals surface area (Å²) in [6.45, 7) is 3.54. The molecular formula is C36H39ClF4N8O. The van der Waals surface area contributed by atoms with Gasteiger partial charge < -0.3 is 24.2 Å². The number of hydrogen-bond donors (Lipinski definition) is 0. The molecule has 0 N–H and O–H groups in total. The number of halogens is 5. The first-order valence-electron chi connectivity index (χ1n) is 16.5. The van der Waals surface area contributed by atoms with Gasteiger partial charge in [-0.1, -0.05) is 35.9 Å². The third kappa shape index (κ3) is 6.52. The molecule has 6 rings (SSSR count). The van der Waals surface area contributed by atoms with Crippen molar-refractivity contribution >= 4 is 45.3 Å². The molecule has 9 nitrogen and oxygen atoms in total. The highest BCUT2D eigenvalue weighted by Crippen LogP contribution is 2.46. The molecule has 2 saturated heterocycles. The zero-order valence-corrected chi connectivity index (χ0v) is 29.4. The number of aryl methyl sites for hydroxylation is 1. The number of rotatable bonds is 8. The molecule has 0 aliphatic carbocycles. The van der Waals surface area contributed by atoms with Crippen LogP contribution in [0, 0.1) is 24.1 Å². The molecule has 4 aromatic rings. The van der Waals surface area contributed by atoms with Crippen LogP contribution < -0.4 is 4.90 Å². The van der Waals surface area contributed by atoms with Gasteiger partial charge in [0.15, 0.2) is 11.6 Å². The Morgan fingerprint density at radius 3 is 2.58 bits per heavy atom. The van der Waals surface area contributed by atoms with Crippen LogP contribution in [0.2, 0.25) is 5.02 Å². The molecule has 14 heteroatoms. The number of imidazole rings is 1. The molecule has 0 saturated carbocycles. The van der Waals surface area contributed by atoms with Crippen LogP contribution in [0.1, 0.15) is 36.4 Å². The van der Waals surface area contributed by atoms with Gasteiger partial charge in [0.05, 0.1) is 34.9 Å². The van der Waals surface area contributed by atoms with Crippen molar-refractivity contribution in [1.82, 2.24) is 29.2 Å². The summed E-state index contributed by atoms with van der Waals surface area (Å²) >= 11 is 6.73. The molecule has 0 unspecified atom stereocenters. The fourth-order valence-electron chi connectivity index (χ4n) is 7.13. The van der Waals surface area contributed by atoms with Crippen molar-refractivity contribution in [3.05, 3.63) is 64.7 Å². The molecule has 2 aliphatic rings. The van der Waals surface area contributed by atoms with E-state index in [2.05, 4.69) is 11.0 Å². The fraction of sp³-hybridized carbons (Fsp3) is 0.444. The van der Waals surface area contributed by atoms with Gasteiger partial charge in [0.1, 0.15) is 11.0 Å². The number of likely N-dealkylation sites (N-methyl/N-ethyl adjacent to an activating group) is 2. The van der Waals surface area contributed by atoms with Crippen LogP contribution in [0.3, 0.4) is 0 Å². The van der Waals surface area contributed by atoms with Gasteiger partial charge in [-0.05, 0) is 65.1 Å². The Bertz CT molecular complexity index is 2010. The van der Waals surface area contributed by atoms with Crippen LogP contribution in [0.25, 0.3) is 33.1 Å². The molecule has 1 amide bonds. The summed E-state index contributed by atoms with van der Waals surface area (Å²) in [5, 5.41) is 9.82. The molecule has 2 atom stereocenters. The maximum atomic E-state index is 16.9. The van der Waals surface area contributed by atoms with Crippen molar-refractivity contribution in [3.63, 3.8) is 0 Å². The highest BCUT2D eigenvalue weighted by atomic mass is 35.5. The number of anilines is 1. The first kappa shape index (κ1) is 35.6. The molecule has 2 aliphatic heterocycles. The molecule has 2 fully saturated rings. The lowest BCUT2D eigenvalue weighted by Crippen LogP contribution is -2.57. The number of amides is 1. The molecule has 50 heavy (non-hydrogen) atoms. The first-order chi connectivity index (χ1) is 23.7. The third-order valence-electron chi connectivity index (χ3n) is 9.81. The molecule has 0 bridgehead atoms. The van der Waals surface area contributed by atoms with Crippen LogP contribution in [-0.4, -0.2) is 102 Å². The summed E-state index contributed by atoms with van der Waals surface area (Å²) in [6, 6.07) is 7.36. The van der Waals surface area contributed by atoms with Gasteiger partial charge in [-0.25, -0.2) is 14.4 Å². The minimum absolute atomic E-state index is 0.0482. The van der Waals surface area contributed by atoms with E-state index in [1.54, 1.807) is 17.3 Å². The van der Waals surface area contributed by atoms with Crippen LogP contribution >= 0.6 is 11.6 Å². The number of hydrogen-bond acceptors (Lipinski definition) is 7. The summed E-state index contributed by atoms with van der Waals surface area (Å²) < 4.78 is 61.8. The van der Waals surface area contributed by atoms with Gasteiger partial charge >= 0.3 is 6.18 Å². The quantitative estimate of drug-likeness (QED) is 0.149. The second-order valence-corrected chi connectivity index (χ2v) is 14.0. The second-order valence-electron chi connectivity index (χ2n) is 13.6. The summed E-state index contributed by atoms with van der Waals surface area (Å²) in [6.07, 6.45) is 1.37. The normalized spacial score (nSPS) is 18.9. The number of likely N-dealkylation sites (tertiary alicyclic amines) is 1. The number of carbonyl (C=O) groups excluding carboxylic acids is 1. The summed E-state index contributed by atoms with van der Waals surface area (Å²) in [7, 11) is 7.76. The van der Waals surface area contributed by atoms with E-state index in [1.807, 2.05) is 42.6 Å². The summed E-state index contributed by atoms with van der Waals surface area (Å²) in [5.74, 6) is -0.678. The SMILES string of the molecule is Cc1cccc(-c2c(Cl)cc3c(nc(N4CC(N(C)C)C4)c4ncn([C@H]5CCN(C(=O)/C=C/CN(C)C)[C@H](CC#N)C5)c43)c2F)c1C(F)(F)F. The first-order valence-corrected chi connectivity index (χ1v) is 16.8. The smallest absolute Gasteiger partial charge is 0.351 e. The number of aromatic nitrogens is 3. The molecule has 2 aromatic carbocycles. The van der Waals surface area contributed by atoms with E-state index in [1.165, 1.54) is 37.3 Å². The van der Waals surface area contributed by atoms with E-state index in [0.717, 1.165) is 0 Å². The van der Waals surface area contributed by atoms with Crippen molar-refractivity contribution in [2.45, 2.75) is 50.5 Å². The maximum absolute atomic E-state index is 16.9. The van der Waals surface area contributed by atoms with Gasteiger partial charge in [-0.2, -0.15) is 18.4 Å². The highest BCUT2D eigenvalue weighted by molar-refractivity contribution is 6.35. The lowest BCUT2D eigenvalue weighted by atomic mass is 9.93. The van der Waals surface area contributed by atoms with E-state index in [0.29, 0.717) is 61.3 Å². The monoisotopic (exact) mass is 710 g/mol.